The maximum atomic E-state index is 10.7. The maximum absolute atomic E-state index is 10.7. The second-order valence-electron chi connectivity index (χ2n) is 6.03. The molecule has 3 heteroatoms. The Balaban J connectivity index is 4.90. The van der Waals surface area contributed by atoms with Crippen LogP contribution >= 0.6 is 0 Å². The maximum Gasteiger partial charge on any atom is 0.147 e. The van der Waals surface area contributed by atoms with Crippen LogP contribution in [-0.2, 0) is 4.79 Å². The van der Waals surface area contributed by atoms with Crippen molar-refractivity contribution in [2.75, 3.05) is 13.6 Å². The first-order chi connectivity index (χ1) is 10.4. The summed E-state index contributed by atoms with van der Waals surface area (Å²) in [4.78, 5) is 17.1. The van der Waals surface area contributed by atoms with Gasteiger partial charge >= 0.3 is 0 Å². The Morgan fingerprint density at radius 1 is 1.32 bits per heavy atom. The third kappa shape index (κ3) is 9.32. The number of allylic oxidation sites excluding steroid dienone is 4. The monoisotopic (exact) mass is 304 g/mol. The quantitative estimate of drug-likeness (QED) is 0.255. The molecule has 0 rings (SSSR count). The second kappa shape index (κ2) is 12.0. The summed E-state index contributed by atoms with van der Waals surface area (Å²) in [6.07, 6.45) is 13.4. The summed E-state index contributed by atoms with van der Waals surface area (Å²) < 4.78 is 0. The predicted octanol–water partition coefficient (Wildman–Crippen LogP) is 4.62. The van der Waals surface area contributed by atoms with Gasteiger partial charge in [-0.25, -0.2) is 0 Å². The molecule has 0 aromatic heterocycles. The zero-order chi connectivity index (χ0) is 17.0. The molecule has 0 aromatic carbocycles. The second-order valence-corrected chi connectivity index (χ2v) is 6.03. The standard InChI is InChI=1S/C19H32N2O/c1-7-10-18(16(3)4)11-9-12-19(20-8-2)14-21(6)13-17(5)15-22/h8-9,11-13,15-16,18H,7,10,14H2,1-6H3/b11-9-,17-13+,19-12-,20-8-. The number of aliphatic imine (C=N–C) groups is 1. The lowest BCUT2D eigenvalue weighted by molar-refractivity contribution is -0.104. The van der Waals surface area contributed by atoms with E-state index in [9.17, 15) is 4.79 Å². The fraction of sp³-hybridized carbons (Fsp3) is 0.579. The molecule has 0 N–H and O–H groups in total. The van der Waals surface area contributed by atoms with E-state index in [1.807, 2.05) is 25.1 Å². The van der Waals surface area contributed by atoms with Gasteiger partial charge in [0.05, 0.1) is 12.2 Å². The Morgan fingerprint density at radius 3 is 2.50 bits per heavy atom. The molecule has 0 saturated carbocycles. The number of rotatable bonds is 10. The topological polar surface area (TPSA) is 32.7 Å². The van der Waals surface area contributed by atoms with Crippen molar-refractivity contribution in [2.45, 2.75) is 47.5 Å². The van der Waals surface area contributed by atoms with Crippen LogP contribution in [0.1, 0.15) is 47.5 Å². The van der Waals surface area contributed by atoms with Gasteiger partial charge in [0.25, 0.3) is 0 Å². The lowest BCUT2D eigenvalue weighted by atomic mass is 9.91. The van der Waals surface area contributed by atoms with Crippen molar-refractivity contribution in [1.82, 2.24) is 4.90 Å². The summed E-state index contributed by atoms with van der Waals surface area (Å²) in [5.41, 5.74) is 1.69. The Labute approximate surface area is 136 Å². The number of nitrogens with zero attached hydrogens (tertiary/aromatic N) is 2. The normalized spacial score (nSPS) is 15.0. The molecule has 0 amide bonds. The summed E-state index contributed by atoms with van der Waals surface area (Å²) in [6.45, 7) is 11.1. The molecule has 22 heavy (non-hydrogen) atoms. The minimum Gasteiger partial charge on any atom is -0.374 e. The van der Waals surface area contributed by atoms with Crippen LogP contribution in [0, 0.1) is 11.8 Å². The van der Waals surface area contributed by atoms with Crippen LogP contribution in [0.5, 0.6) is 0 Å². The number of hydrogen-bond donors (Lipinski definition) is 0. The molecule has 1 atom stereocenters. The van der Waals surface area contributed by atoms with E-state index in [0.29, 0.717) is 24.0 Å². The van der Waals surface area contributed by atoms with E-state index in [4.69, 9.17) is 0 Å². The van der Waals surface area contributed by atoms with Crippen molar-refractivity contribution < 1.29 is 4.79 Å². The van der Waals surface area contributed by atoms with E-state index in [-0.39, 0.29) is 0 Å². The Bertz CT molecular complexity index is 431. The highest BCUT2D eigenvalue weighted by Crippen LogP contribution is 2.18. The summed E-state index contributed by atoms with van der Waals surface area (Å²) in [6, 6.07) is 0. The minimum absolute atomic E-state index is 0.614. The summed E-state index contributed by atoms with van der Waals surface area (Å²) in [5.74, 6) is 1.27. The van der Waals surface area contributed by atoms with Crippen LogP contribution in [-0.4, -0.2) is 31.0 Å². The van der Waals surface area contributed by atoms with Crippen molar-refractivity contribution in [2.24, 2.45) is 16.8 Å². The molecule has 0 aromatic rings. The molecule has 0 spiro atoms. The molecule has 0 fully saturated rings. The van der Waals surface area contributed by atoms with Gasteiger partial charge in [0.2, 0.25) is 0 Å². The van der Waals surface area contributed by atoms with Crippen LogP contribution < -0.4 is 0 Å². The molecule has 0 heterocycles. The molecule has 0 aliphatic carbocycles. The molecule has 0 radical (unpaired) electrons. The molecule has 124 valence electrons. The van der Waals surface area contributed by atoms with Gasteiger partial charge in [-0.1, -0.05) is 39.3 Å². The lowest BCUT2D eigenvalue weighted by Crippen LogP contribution is -2.14. The van der Waals surface area contributed by atoms with Crippen LogP contribution in [0.2, 0.25) is 0 Å². The average molecular weight is 304 g/mol. The fourth-order valence-electron chi connectivity index (χ4n) is 2.28. The van der Waals surface area contributed by atoms with E-state index >= 15 is 0 Å². The van der Waals surface area contributed by atoms with E-state index in [1.165, 1.54) is 12.8 Å². The molecular formula is C19H32N2O. The highest BCUT2D eigenvalue weighted by Gasteiger charge is 2.07. The first kappa shape index (κ1) is 20.4. The van der Waals surface area contributed by atoms with Gasteiger partial charge in [-0.3, -0.25) is 9.79 Å². The summed E-state index contributed by atoms with van der Waals surface area (Å²) in [5, 5.41) is 0. The van der Waals surface area contributed by atoms with Gasteiger partial charge in [0, 0.05) is 25.0 Å². The summed E-state index contributed by atoms with van der Waals surface area (Å²) in [7, 11) is 1.95. The number of likely N-dealkylation sites (N-methyl/N-ethyl adjacent to an activating group) is 1. The first-order valence-corrected chi connectivity index (χ1v) is 8.14. The van der Waals surface area contributed by atoms with Gasteiger partial charge < -0.3 is 4.90 Å². The molecule has 0 bridgehead atoms. The summed E-state index contributed by atoms with van der Waals surface area (Å²) >= 11 is 0. The van der Waals surface area contributed by atoms with Gasteiger partial charge in [0.1, 0.15) is 6.29 Å². The van der Waals surface area contributed by atoms with E-state index < -0.39 is 0 Å². The Hall–Kier alpha value is -1.64. The lowest BCUT2D eigenvalue weighted by Gasteiger charge is -2.16. The highest BCUT2D eigenvalue weighted by atomic mass is 16.1. The Kier molecular flexibility index (Phi) is 11.1. The molecule has 0 aliphatic rings. The van der Waals surface area contributed by atoms with Crippen LogP contribution in [0.3, 0.4) is 0 Å². The number of carbonyl (C=O) groups is 1. The number of aldehydes is 1. The highest BCUT2D eigenvalue weighted by molar-refractivity contribution is 5.71. The Morgan fingerprint density at radius 2 is 2.00 bits per heavy atom. The molecule has 1 unspecified atom stereocenters. The van der Waals surface area contributed by atoms with Crippen molar-refractivity contribution in [3.8, 4) is 0 Å². The zero-order valence-electron chi connectivity index (χ0n) is 15.0. The van der Waals surface area contributed by atoms with Gasteiger partial charge in [0.15, 0.2) is 0 Å². The van der Waals surface area contributed by atoms with Crippen LogP contribution in [0.15, 0.2) is 40.7 Å². The minimum atomic E-state index is 0.614. The van der Waals surface area contributed by atoms with Crippen molar-refractivity contribution in [3.63, 3.8) is 0 Å². The van der Waals surface area contributed by atoms with Gasteiger partial charge in [-0.05, 0) is 38.2 Å². The average Bonchev–Trinajstić information content (AvgIpc) is 2.45. The molecule has 3 nitrogen and oxygen atoms in total. The zero-order valence-corrected chi connectivity index (χ0v) is 15.0. The van der Waals surface area contributed by atoms with Crippen molar-refractivity contribution >= 4 is 12.5 Å². The fourth-order valence-corrected chi connectivity index (χ4v) is 2.28. The number of hydrogen-bond acceptors (Lipinski definition) is 3. The van der Waals surface area contributed by atoms with Gasteiger partial charge in [-0.2, -0.15) is 0 Å². The largest absolute Gasteiger partial charge is 0.374 e. The first-order valence-electron chi connectivity index (χ1n) is 8.14. The van der Waals surface area contributed by atoms with Crippen LogP contribution in [0.25, 0.3) is 0 Å². The molecular weight excluding hydrogens is 272 g/mol. The van der Waals surface area contributed by atoms with Crippen LogP contribution in [0.4, 0.5) is 0 Å². The predicted molar refractivity (Wildman–Crippen MR) is 97.1 cm³/mol. The molecule has 0 aliphatic heterocycles. The SMILES string of the molecule is C\C=N/C(=C\C=C/C(CCC)C(C)C)CN(C)/C=C(\C)C=O. The van der Waals surface area contributed by atoms with Gasteiger partial charge in [-0.15, -0.1) is 0 Å². The van der Waals surface area contributed by atoms with E-state index in [0.717, 1.165) is 12.0 Å². The third-order valence-electron chi connectivity index (χ3n) is 3.44. The van der Waals surface area contributed by atoms with E-state index in [2.05, 4.69) is 44.0 Å². The van der Waals surface area contributed by atoms with Crippen molar-refractivity contribution in [1.29, 1.82) is 0 Å². The third-order valence-corrected chi connectivity index (χ3v) is 3.44. The molecule has 0 saturated heterocycles. The number of carbonyl (C=O) groups excluding carboxylic acids is 1. The van der Waals surface area contributed by atoms with Crippen molar-refractivity contribution in [3.05, 3.63) is 35.7 Å². The van der Waals surface area contributed by atoms with E-state index in [1.54, 1.807) is 13.1 Å². The smallest absolute Gasteiger partial charge is 0.147 e.